The van der Waals surface area contributed by atoms with Gasteiger partial charge in [-0.25, -0.2) is 0 Å². The van der Waals surface area contributed by atoms with Crippen LogP contribution < -0.4 is 11.6 Å². The second-order valence-electron chi connectivity index (χ2n) is 4.48. The Bertz CT molecular complexity index is 765. The third-order valence-corrected chi connectivity index (χ3v) is 7.74. The molecule has 5 nitrogen and oxygen atoms in total. The van der Waals surface area contributed by atoms with Crippen LogP contribution in [-0.4, -0.2) is 37.6 Å². The van der Waals surface area contributed by atoms with Crippen LogP contribution >= 0.6 is 0 Å². The molecule has 0 atom stereocenters. The molecule has 0 N–H and O–H groups in total. The monoisotopic (exact) mass is 525 g/mol. The van der Waals surface area contributed by atoms with E-state index in [1.807, 2.05) is 0 Å². The van der Waals surface area contributed by atoms with Gasteiger partial charge in [0.2, 0.25) is 0 Å². The van der Waals surface area contributed by atoms with E-state index in [-0.39, 0.29) is 5.76 Å². The Kier molecular flexibility index (Phi) is 6.31. The van der Waals surface area contributed by atoms with Crippen LogP contribution in [0.15, 0.2) is 76.9 Å². The maximum absolute atomic E-state index is 10.4. The number of hydrogen-bond donors (Lipinski definition) is 0. The Hall–Kier alpha value is -1.72. The molecule has 0 aliphatic carbocycles. The first-order valence-corrected chi connectivity index (χ1v) is 11.5. The van der Waals surface area contributed by atoms with Crippen molar-refractivity contribution in [3.63, 3.8) is 0 Å². The van der Waals surface area contributed by atoms with E-state index in [4.69, 9.17) is 0 Å². The van der Waals surface area contributed by atoms with Crippen molar-refractivity contribution in [3.05, 3.63) is 72.5 Å². The van der Waals surface area contributed by atoms with Gasteiger partial charge >= 0.3 is 101 Å². The molecular formula is C16H14BiNO4S. The van der Waals surface area contributed by atoms with Gasteiger partial charge in [-0.05, 0) is 13.0 Å². The van der Waals surface area contributed by atoms with Gasteiger partial charge < -0.3 is 9.29 Å². The minimum absolute atomic E-state index is 0.0417. The van der Waals surface area contributed by atoms with Crippen LogP contribution in [0.2, 0.25) is 0 Å². The number of allylic oxidation sites excluding steroid dienone is 1. The Morgan fingerprint density at radius 2 is 1.43 bits per heavy atom. The van der Waals surface area contributed by atoms with Gasteiger partial charge in [-0.15, -0.1) is 4.40 Å². The fourth-order valence-corrected chi connectivity index (χ4v) is 6.02. The topological polar surface area (TPSA) is 78.8 Å². The van der Waals surface area contributed by atoms with Crippen LogP contribution in [0.4, 0.5) is 0 Å². The molecule has 0 aromatic heterocycles. The van der Waals surface area contributed by atoms with E-state index in [9.17, 15) is 13.5 Å². The Balaban J connectivity index is 0.000000174. The Morgan fingerprint density at radius 3 is 1.83 bits per heavy atom. The van der Waals surface area contributed by atoms with Gasteiger partial charge in [-0.3, -0.25) is 0 Å². The average molecular weight is 525 g/mol. The third kappa shape index (κ3) is 6.51. The second kappa shape index (κ2) is 8.22. The van der Waals surface area contributed by atoms with Crippen LogP contribution in [0, 0.1) is 0 Å². The zero-order valence-corrected chi connectivity index (χ0v) is 16.6. The fraction of sp³-hybridized carbons (Fsp3) is 0.0625. The molecule has 0 unspecified atom stereocenters. The SMILES string of the molecule is CC1=CC([O-])=NS(=O)(=O)O1.c1cc[c]([Bi+][c]2ccccc2)cc1. The zero-order chi connectivity index (χ0) is 16.7. The van der Waals surface area contributed by atoms with Gasteiger partial charge in [0.1, 0.15) is 5.76 Å². The molecule has 0 bridgehead atoms. The number of nitrogens with zero attached hydrogens (tertiary/aromatic N) is 1. The Morgan fingerprint density at radius 1 is 0.957 bits per heavy atom. The molecule has 0 saturated carbocycles. The van der Waals surface area contributed by atoms with Crippen molar-refractivity contribution in [2.45, 2.75) is 6.92 Å². The van der Waals surface area contributed by atoms with Crippen LogP contribution in [-0.2, 0) is 14.5 Å². The predicted octanol–water partition coefficient (Wildman–Crippen LogP) is 0.266. The summed E-state index contributed by atoms with van der Waals surface area (Å²) < 4.78 is 30.8. The Labute approximate surface area is 147 Å². The average Bonchev–Trinajstić information content (AvgIpc) is 2.47. The van der Waals surface area contributed by atoms with E-state index >= 15 is 0 Å². The van der Waals surface area contributed by atoms with Gasteiger partial charge in [-0.1, -0.05) is 0 Å². The van der Waals surface area contributed by atoms with E-state index in [1.165, 1.54) is 6.92 Å². The van der Waals surface area contributed by atoms with E-state index in [1.54, 1.807) is 6.54 Å². The molecule has 2 aromatic carbocycles. The summed E-state index contributed by atoms with van der Waals surface area (Å²) in [6.07, 6.45) is 1.00. The molecule has 1 aliphatic heterocycles. The van der Waals surface area contributed by atoms with Crippen LogP contribution in [0.3, 0.4) is 0 Å². The normalized spacial score (nSPS) is 15.3. The molecule has 7 heteroatoms. The summed E-state index contributed by atoms with van der Waals surface area (Å²) >= 11 is -0.613. The van der Waals surface area contributed by atoms with Crippen molar-refractivity contribution in [2.24, 2.45) is 4.40 Å². The molecule has 0 spiro atoms. The van der Waals surface area contributed by atoms with Crippen molar-refractivity contribution in [1.82, 2.24) is 0 Å². The zero-order valence-electron chi connectivity index (χ0n) is 12.3. The predicted molar refractivity (Wildman–Crippen MR) is 89.1 cm³/mol. The fourth-order valence-electron chi connectivity index (χ4n) is 1.67. The standard InChI is InChI=1S/2C6H5.C4H5NO4S.Bi/c2*1-2-4-6-5-3-1;1-3-2-4(6)5-10(7,8)9-3;/h2*1-5H;2H,1H3,(H,5,6);/q;;;+1/p-1. The molecule has 2 aromatic rings. The van der Waals surface area contributed by atoms with Crippen molar-refractivity contribution in [1.29, 1.82) is 0 Å². The van der Waals surface area contributed by atoms with Gasteiger partial charge in [0.15, 0.2) is 0 Å². The van der Waals surface area contributed by atoms with Crippen molar-refractivity contribution in [3.8, 4) is 0 Å². The third-order valence-electron chi connectivity index (χ3n) is 2.54. The molecule has 0 amide bonds. The first kappa shape index (κ1) is 17.6. The molecule has 0 saturated heterocycles. The summed E-state index contributed by atoms with van der Waals surface area (Å²) in [5.74, 6) is -0.760. The van der Waals surface area contributed by atoms with Crippen molar-refractivity contribution < 1.29 is 17.7 Å². The van der Waals surface area contributed by atoms with Gasteiger partial charge in [0.25, 0.3) is 0 Å². The molecule has 2 radical (unpaired) electrons. The minimum atomic E-state index is -3.97. The first-order valence-electron chi connectivity index (χ1n) is 6.66. The molecule has 118 valence electrons. The summed E-state index contributed by atoms with van der Waals surface area (Å²) in [4.78, 5) is 0. The van der Waals surface area contributed by atoms with Gasteiger partial charge in [-0.2, -0.15) is 8.42 Å². The van der Waals surface area contributed by atoms with E-state index in [2.05, 4.69) is 69.2 Å². The molecule has 3 rings (SSSR count). The number of benzene rings is 2. The molecule has 1 heterocycles. The van der Waals surface area contributed by atoms with Crippen LogP contribution in [0.5, 0.6) is 0 Å². The quantitative estimate of drug-likeness (QED) is 0.528. The van der Waals surface area contributed by atoms with Gasteiger partial charge in [0.05, 0.1) is 0 Å². The maximum atomic E-state index is 10.4. The summed E-state index contributed by atoms with van der Waals surface area (Å²) in [6.45, 7) is 1.37. The first-order chi connectivity index (χ1) is 10.9. The summed E-state index contributed by atoms with van der Waals surface area (Å²) in [7, 11) is -3.97. The summed E-state index contributed by atoms with van der Waals surface area (Å²) in [5.41, 5.74) is 0. The second-order valence-corrected chi connectivity index (χ2v) is 10.6. The van der Waals surface area contributed by atoms with Crippen LogP contribution in [0.25, 0.3) is 0 Å². The van der Waals surface area contributed by atoms with E-state index < -0.39 is 39.4 Å². The van der Waals surface area contributed by atoms with Crippen LogP contribution in [0.1, 0.15) is 6.92 Å². The number of hydrogen-bond acceptors (Lipinski definition) is 4. The van der Waals surface area contributed by atoms with Crippen molar-refractivity contribution >= 4 is 46.0 Å². The van der Waals surface area contributed by atoms with E-state index in [0.717, 1.165) is 6.08 Å². The molecular weight excluding hydrogens is 511 g/mol. The summed E-state index contributed by atoms with van der Waals surface area (Å²) in [6, 6.07) is 21.6. The molecule has 1 aliphatic rings. The summed E-state index contributed by atoms with van der Waals surface area (Å²) in [5, 5.41) is 10.4. The van der Waals surface area contributed by atoms with E-state index in [0.29, 0.717) is 0 Å². The number of rotatable bonds is 2. The van der Waals surface area contributed by atoms with Crippen molar-refractivity contribution in [2.75, 3.05) is 0 Å². The molecule has 23 heavy (non-hydrogen) atoms. The van der Waals surface area contributed by atoms with Gasteiger partial charge in [0, 0.05) is 5.90 Å². The molecule has 0 fully saturated rings.